The number of hydrogen-bond acceptors (Lipinski definition) is 1. The highest BCUT2D eigenvalue weighted by molar-refractivity contribution is 5.65. The predicted octanol–water partition coefficient (Wildman–Crippen LogP) is 9.03. The number of ether oxygens (including phenoxy) is 1. The van der Waals surface area contributed by atoms with Crippen molar-refractivity contribution in [1.29, 1.82) is 0 Å². The largest absolute Gasteiger partial charge is 0.462 e. The molecule has 2 aliphatic rings. The second-order valence-electron chi connectivity index (χ2n) is 9.75. The average Bonchev–Trinajstić information content (AvgIpc) is 2.85. The lowest BCUT2D eigenvalue weighted by Gasteiger charge is -2.38. The standard InChI is InChI=1S/C29H36F2O/c1-3-19-32-27-18-17-26(28(30)29(27)31)25-15-13-24(14-16-25)23-11-9-22(10-12-23)21-7-5-20(4-2)6-8-21/h3,13-23H,4-12H2,1-2H3. The monoisotopic (exact) mass is 438 g/mol. The molecule has 0 aliphatic heterocycles. The van der Waals surface area contributed by atoms with Crippen LogP contribution in [-0.2, 0) is 0 Å². The Kier molecular flexibility index (Phi) is 7.65. The van der Waals surface area contributed by atoms with Gasteiger partial charge in [-0.05, 0) is 92.4 Å². The fraction of sp³-hybridized carbons (Fsp3) is 0.517. The van der Waals surface area contributed by atoms with Gasteiger partial charge in [0.1, 0.15) is 0 Å². The van der Waals surface area contributed by atoms with E-state index in [4.69, 9.17) is 4.74 Å². The Morgan fingerprint density at radius 1 is 0.812 bits per heavy atom. The third-order valence-electron chi connectivity index (χ3n) is 7.98. The zero-order chi connectivity index (χ0) is 22.5. The molecule has 0 atom stereocenters. The first-order chi connectivity index (χ1) is 15.6. The van der Waals surface area contributed by atoms with E-state index in [1.54, 1.807) is 19.1 Å². The molecule has 172 valence electrons. The highest BCUT2D eigenvalue weighted by Crippen LogP contribution is 2.44. The van der Waals surface area contributed by atoms with Crippen LogP contribution in [0.5, 0.6) is 5.75 Å². The summed E-state index contributed by atoms with van der Waals surface area (Å²) >= 11 is 0. The van der Waals surface area contributed by atoms with Gasteiger partial charge in [-0.2, -0.15) is 4.39 Å². The molecule has 0 amide bonds. The van der Waals surface area contributed by atoms with Gasteiger partial charge in [0, 0.05) is 5.56 Å². The van der Waals surface area contributed by atoms with E-state index in [2.05, 4.69) is 19.1 Å². The lowest BCUT2D eigenvalue weighted by molar-refractivity contribution is 0.158. The number of halogens is 2. The lowest BCUT2D eigenvalue weighted by Crippen LogP contribution is -2.25. The van der Waals surface area contributed by atoms with Crippen LogP contribution in [0.25, 0.3) is 11.1 Å². The number of hydrogen-bond donors (Lipinski definition) is 0. The first-order valence-electron chi connectivity index (χ1n) is 12.5. The van der Waals surface area contributed by atoms with Gasteiger partial charge < -0.3 is 4.74 Å². The molecular formula is C29H36F2O. The van der Waals surface area contributed by atoms with Gasteiger partial charge in [0.05, 0.1) is 6.26 Å². The molecule has 1 nitrogen and oxygen atoms in total. The number of allylic oxidation sites excluding steroid dienone is 1. The summed E-state index contributed by atoms with van der Waals surface area (Å²) in [5, 5.41) is 0. The zero-order valence-corrected chi connectivity index (χ0v) is 19.5. The molecule has 4 rings (SSSR count). The van der Waals surface area contributed by atoms with Crippen molar-refractivity contribution in [3.63, 3.8) is 0 Å². The summed E-state index contributed by atoms with van der Waals surface area (Å²) in [5.41, 5.74) is 2.30. The van der Waals surface area contributed by atoms with E-state index in [0.717, 1.165) is 17.8 Å². The fourth-order valence-corrected chi connectivity index (χ4v) is 5.91. The minimum atomic E-state index is -0.948. The van der Waals surface area contributed by atoms with Crippen molar-refractivity contribution in [1.82, 2.24) is 0 Å². The van der Waals surface area contributed by atoms with Crippen LogP contribution in [0, 0.1) is 29.4 Å². The van der Waals surface area contributed by atoms with Crippen LogP contribution in [-0.4, -0.2) is 0 Å². The molecule has 3 heteroatoms. The van der Waals surface area contributed by atoms with E-state index in [9.17, 15) is 8.78 Å². The van der Waals surface area contributed by atoms with E-state index in [1.165, 1.54) is 75.7 Å². The molecule has 2 fully saturated rings. The molecule has 2 aliphatic carbocycles. The maximum absolute atomic E-state index is 14.6. The van der Waals surface area contributed by atoms with E-state index in [0.29, 0.717) is 11.5 Å². The van der Waals surface area contributed by atoms with Crippen molar-refractivity contribution < 1.29 is 13.5 Å². The fourth-order valence-electron chi connectivity index (χ4n) is 5.91. The summed E-state index contributed by atoms with van der Waals surface area (Å²) in [6, 6.07) is 11.1. The van der Waals surface area contributed by atoms with Gasteiger partial charge in [0.25, 0.3) is 0 Å². The van der Waals surface area contributed by atoms with Gasteiger partial charge >= 0.3 is 0 Å². The van der Waals surface area contributed by atoms with Crippen molar-refractivity contribution >= 4 is 0 Å². The quantitative estimate of drug-likeness (QED) is 0.409. The Bertz CT molecular complexity index is 901. The van der Waals surface area contributed by atoms with Crippen molar-refractivity contribution in [3.05, 3.63) is 65.9 Å². The van der Waals surface area contributed by atoms with Crippen LogP contribution in [0.3, 0.4) is 0 Å². The second kappa shape index (κ2) is 10.6. The van der Waals surface area contributed by atoms with Gasteiger partial charge in [-0.25, -0.2) is 4.39 Å². The number of benzene rings is 2. The van der Waals surface area contributed by atoms with Gasteiger partial charge in [0.15, 0.2) is 11.6 Å². The third kappa shape index (κ3) is 5.08. The zero-order valence-electron chi connectivity index (χ0n) is 19.5. The second-order valence-corrected chi connectivity index (χ2v) is 9.75. The minimum absolute atomic E-state index is 0.0964. The van der Waals surface area contributed by atoms with Crippen molar-refractivity contribution in [2.75, 3.05) is 0 Å². The SMILES string of the molecule is CC=COc1ccc(-c2ccc(C3CCC(C4CCC(CC)CC4)CC3)cc2)c(F)c1F. The number of rotatable bonds is 6. The van der Waals surface area contributed by atoms with Crippen molar-refractivity contribution in [3.8, 4) is 16.9 Å². The van der Waals surface area contributed by atoms with Crippen molar-refractivity contribution in [2.45, 2.75) is 77.6 Å². The molecule has 0 unspecified atom stereocenters. The molecule has 32 heavy (non-hydrogen) atoms. The van der Waals surface area contributed by atoms with Crippen molar-refractivity contribution in [2.24, 2.45) is 17.8 Å². The highest BCUT2D eigenvalue weighted by atomic mass is 19.2. The molecule has 2 saturated carbocycles. The average molecular weight is 439 g/mol. The van der Waals surface area contributed by atoms with Gasteiger partial charge in [-0.3, -0.25) is 0 Å². The molecule has 0 heterocycles. The van der Waals surface area contributed by atoms with E-state index in [1.807, 2.05) is 12.1 Å². The Hall–Kier alpha value is -2.16. The molecule has 0 N–H and O–H groups in total. The van der Waals surface area contributed by atoms with E-state index >= 15 is 0 Å². The van der Waals surface area contributed by atoms with Crippen LogP contribution in [0.15, 0.2) is 48.7 Å². The molecule has 0 spiro atoms. The Balaban J connectivity index is 1.37. The molecular weight excluding hydrogens is 402 g/mol. The summed E-state index contributed by atoms with van der Waals surface area (Å²) in [7, 11) is 0. The minimum Gasteiger partial charge on any atom is -0.462 e. The molecule has 2 aromatic carbocycles. The first kappa shape index (κ1) is 23.0. The van der Waals surface area contributed by atoms with Crippen LogP contribution < -0.4 is 4.74 Å². The first-order valence-corrected chi connectivity index (χ1v) is 12.5. The summed E-state index contributed by atoms with van der Waals surface area (Å²) in [5.74, 6) is 1.50. The molecule has 0 saturated heterocycles. The van der Waals surface area contributed by atoms with Gasteiger partial charge in [-0.15, -0.1) is 0 Å². The lowest BCUT2D eigenvalue weighted by atomic mass is 9.68. The normalized spacial score (nSPS) is 26.4. The van der Waals surface area contributed by atoms with Crippen LogP contribution >= 0.6 is 0 Å². The highest BCUT2D eigenvalue weighted by Gasteiger charge is 2.31. The van der Waals surface area contributed by atoms with Gasteiger partial charge in [0.2, 0.25) is 5.82 Å². The van der Waals surface area contributed by atoms with Crippen LogP contribution in [0.4, 0.5) is 8.78 Å². The Morgan fingerprint density at radius 3 is 2.03 bits per heavy atom. The van der Waals surface area contributed by atoms with E-state index in [-0.39, 0.29) is 11.3 Å². The summed E-state index contributed by atoms with van der Waals surface area (Å²) < 4.78 is 34.1. The maximum Gasteiger partial charge on any atom is 0.201 e. The van der Waals surface area contributed by atoms with Gasteiger partial charge in [-0.1, -0.05) is 56.5 Å². The summed E-state index contributed by atoms with van der Waals surface area (Å²) in [4.78, 5) is 0. The molecule has 0 aromatic heterocycles. The summed E-state index contributed by atoms with van der Waals surface area (Å²) in [6.07, 6.45) is 15.2. The predicted molar refractivity (Wildman–Crippen MR) is 128 cm³/mol. The molecule has 0 bridgehead atoms. The van der Waals surface area contributed by atoms with Crippen LogP contribution in [0.1, 0.15) is 83.1 Å². The Morgan fingerprint density at radius 2 is 1.44 bits per heavy atom. The Labute approximate surface area is 191 Å². The maximum atomic E-state index is 14.6. The smallest absolute Gasteiger partial charge is 0.201 e. The molecule has 2 aromatic rings. The van der Waals surface area contributed by atoms with Crippen LogP contribution in [0.2, 0.25) is 0 Å². The summed E-state index contributed by atoms with van der Waals surface area (Å²) in [6.45, 7) is 4.09. The molecule has 0 radical (unpaired) electrons. The third-order valence-corrected chi connectivity index (χ3v) is 7.98. The topological polar surface area (TPSA) is 9.23 Å². The van der Waals surface area contributed by atoms with E-state index < -0.39 is 11.6 Å².